The second-order valence-corrected chi connectivity index (χ2v) is 6.71. The molecule has 1 aromatic carbocycles. The summed E-state index contributed by atoms with van der Waals surface area (Å²) in [6, 6.07) is 7.90. The predicted molar refractivity (Wildman–Crippen MR) is 106 cm³/mol. The highest BCUT2D eigenvalue weighted by molar-refractivity contribution is 14.0. The zero-order chi connectivity index (χ0) is 15.4. The Morgan fingerprint density at radius 2 is 2.13 bits per heavy atom. The van der Waals surface area contributed by atoms with Crippen molar-refractivity contribution in [2.45, 2.75) is 26.3 Å². The molecule has 3 rings (SSSR count). The number of guanidine groups is 1. The van der Waals surface area contributed by atoms with Crippen molar-refractivity contribution < 1.29 is 4.74 Å². The van der Waals surface area contributed by atoms with Crippen LogP contribution in [0.5, 0.6) is 0 Å². The molecule has 2 aliphatic heterocycles. The molecule has 0 aromatic heterocycles. The molecule has 0 aliphatic carbocycles. The first-order valence-corrected chi connectivity index (χ1v) is 8.44. The lowest BCUT2D eigenvalue weighted by Crippen LogP contribution is -2.41. The molecule has 2 saturated heterocycles. The number of hydrogen-bond donors (Lipinski definition) is 1. The highest BCUT2D eigenvalue weighted by Gasteiger charge is 2.42. The normalized spacial score (nSPS) is 24.1. The fourth-order valence-corrected chi connectivity index (χ4v) is 3.40. The van der Waals surface area contributed by atoms with E-state index in [0.29, 0.717) is 12.0 Å². The largest absolute Gasteiger partial charge is 0.381 e. The van der Waals surface area contributed by atoms with Gasteiger partial charge < -0.3 is 15.0 Å². The summed E-state index contributed by atoms with van der Waals surface area (Å²) in [4.78, 5) is 7.18. The zero-order valence-electron chi connectivity index (χ0n) is 13.6. The van der Waals surface area contributed by atoms with Crippen molar-refractivity contribution in [2.24, 2.45) is 10.4 Å². The summed E-state index contributed by atoms with van der Waals surface area (Å²) in [6.07, 6.45) is 2.39. The molecule has 1 spiro atoms. The van der Waals surface area contributed by atoms with Gasteiger partial charge in [0.2, 0.25) is 0 Å². The molecule has 0 radical (unpaired) electrons. The summed E-state index contributed by atoms with van der Waals surface area (Å²) in [7, 11) is 0. The molecule has 128 valence electrons. The van der Waals surface area contributed by atoms with Gasteiger partial charge in [-0.25, -0.2) is 4.99 Å². The number of ether oxygens (including phenoxy) is 1. The number of aliphatic imine (C=N–C) groups is 1. The van der Waals surface area contributed by atoms with Crippen LogP contribution >= 0.6 is 35.6 Å². The lowest BCUT2D eigenvalue weighted by molar-refractivity contribution is 0.156. The smallest absolute Gasteiger partial charge is 0.194 e. The van der Waals surface area contributed by atoms with Gasteiger partial charge in [0.25, 0.3) is 0 Å². The van der Waals surface area contributed by atoms with Crippen LogP contribution in [0.4, 0.5) is 0 Å². The third-order valence-corrected chi connectivity index (χ3v) is 4.83. The van der Waals surface area contributed by atoms with Gasteiger partial charge in [0.15, 0.2) is 5.96 Å². The van der Waals surface area contributed by atoms with Gasteiger partial charge >= 0.3 is 0 Å². The highest BCUT2D eigenvalue weighted by atomic mass is 127. The molecular formula is C17H25ClIN3O. The maximum Gasteiger partial charge on any atom is 0.194 e. The van der Waals surface area contributed by atoms with Crippen molar-refractivity contribution in [3.05, 3.63) is 34.9 Å². The summed E-state index contributed by atoms with van der Waals surface area (Å²) in [5, 5.41) is 4.19. The van der Waals surface area contributed by atoms with E-state index < -0.39 is 0 Å². The van der Waals surface area contributed by atoms with Crippen LogP contribution in [-0.4, -0.2) is 43.7 Å². The Bertz CT molecular complexity index is 529. The third-order valence-electron chi connectivity index (χ3n) is 4.58. The number of nitrogens with one attached hydrogen (secondary N) is 1. The van der Waals surface area contributed by atoms with Gasteiger partial charge in [-0.05, 0) is 37.5 Å². The van der Waals surface area contributed by atoms with Crippen LogP contribution in [0.25, 0.3) is 0 Å². The lowest BCUT2D eigenvalue weighted by atomic mass is 9.87. The highest BCUT2D eigenvalue weighted by Crippen LogP contribution is 2.38. The van der Waals surface area contributed by atoms with Crippen molar-refractivity contribution in [1.82, 2.24) is 10.2 Å². The summed E-state index contributed by atoms with van der Waals surface area (Å²) >= 11 is 5.93. The number of hydrogen-bond acceptors (Lipinski definition) is 2. The number of benzene rings is 1. The van der Waals surface area contributed by atoms with E-state index in [0.717, 1.165) is 43.8 Å². The van der Waals surface area contributed by atoms with Gasteiger partial charge in [-0.1, -0.05) is 23.7 Å². The summed E-state index contributed by atoms with van der Waals surface area (Å²) in [5.41, 5.74) is 1.54. The van der Waals surface area contributed by atoms with E-state index in [9.17, 15) is 0 Å². The fraction of sp³-hybridized carbons (Fsp3) is 0.588. The number of halogens is 2. The van der Waals surface area contributed by atoms with Gasteiger partial charge in [-0.3, -0.25) is 0 Å². The maximum absolute atomic E-state index is 5.93. The van der Waals surface area contributed by atoms with Crippen LogP contribution in [0.2, 0.25) is 5.02 Å². The van der Waals surface area contributed by atoms with Crippen molar-refractivity contribution in [1.29, 1.82) is 0 Å². The average molecular weight is 450 g/mol. The minimum Gasteiger partial charge on any atom is -0.381 e. The first-order valence-electron chi connectivity index (χ1n) is 8.06. The van der Waals surface area contributed by atoms with E-state index in [4.69, 9.17) is 21.3 Å². The minimum absolute atomic E-state index is 0. The number of likely N-dealkylation sites (tertiary alicyclic amines) is 1. The van der Waals surface area contributed by atoms with E-state index in [-0.39, 0.29) is 24.0 Å². The molecule has 2 aliphatic rings. The molecular weight excluding hydrogens is 425 g/mol. The maximum atomic E-state index is 5.93. The van der Waals surface area contributed by atoms with Crippen molar-refractivity contribution >= 4 is 41.5 Å². The van der Waals surface area contributed by atoms with E-state index in [2.05, 4.69) is 17.1 Å². The molecule has 1 N–H and O–H groups in total. The van der Waals surface area contributed by atoms with Gasteiger partial charge in [0.1, 0.15) is 0 Å². The molecule has 4 nitrogen and oxygen atoms in total. The van der Waals surface area contributed by atoms with Crippen molar-refractivity contribution in [2.75, 3.05) is 32.8 Å². The lowest BCUT2D eigenvalue weighted by Gasteiger charge is -2.25. The Morgan fingerprint density at radius 1 is 1.35 bits per heavy atom. The van der Waals surface area contributed by atoms with Crippen molar-refractivity contribution in [3.8, 4) is 0 Å². The fourth-order valence-electron chi connectivity index (χ4n) is 3.27. The molecule has 0 bridgehead atoms. The molecule has 2 fully saturated rings. The Morgan fingerprint density at radius 3 is 2.78 bits per heavy atom. The monoisotopic (exact) mass is 449 g/mol. The molecule has 1 atom stereocenters. The number of rotatable bonds is 3. The minimum atomic E-state index is 0. The summed E-state index contributed by atoms with van der Waals surface area (Å²) in [6.45, 7) is 7.61. The van der Waals surface area contributed by atoms with E-state index in [1.54, 1.807) is 0 Å². The van der Waals surface area contributed by atoms with E-state index >= 15 is 0 Å². The Balaban J connectivity index is 0.00000192. The van der Waals surface area contributed by atoms with Crippen molar-refractivity contribution in [3.63, 3.8) is 0 Å². The van der Waals surface area contributed by atoms with Gasteiger partial charge in [0.05, 0.1) is 13.2 Å². The third kappa shape index (κ3) is 4.73. The molecule has 1 unspecified atom stereocenters. The molecule has 23 heavy (non-hydrogen) atoms. The quantitative estimate of drug-likeness (QED) is 0.436. The second-order valence-electron chi connectivity index (χ2n) is 6.27. The van der Waals surface area contributed by atoms with Crippen LogP contribution in [0.1, 0.15) is 25.3 Å². The van der Waals surface area contributed by atoms with Crippen LogP contribution in [0, 0.1) is 5.41 Å². The Kier molecular flexibility index (Phi) is 6.98. The van der Waals surface area contributed by atoms with Gasteiger partial charge in [-0.2, -0.15) is 0 Å². The Labute approximate surface area is 160 Å². The SMILES string of the molecule is CCNC(=NCc1ccc(Cl)cc1)N1CCC2(CCOC2)C1.I. The van der Waals surface area contributed by atoms with Crippen LogP contribution < -0.4 is 5.32 Å². The molecule has 0 amide bonds. The van der Waals surface area contributed by atoms with Gasteiger partial charge in [0, 0.05) is 36.7 Å². The van der Waals surface area contributed by atoms with Crippen LogP contribution in [-0.2, 0) is 11.3 Å². The Hall–Kier alpha value is -0.530. The average Bonchev–Trinajstić information content (AvgIpc) is 3.16. The van der Waals surface area contributed by atoms with E-state index in [1.807, 2.05) is 24.3 Å². The summed E-state index contributed by atoms with van der Waals surface area (Å²) in [5.74, 6) is 1.02. The molecule has 1 aromatic rings. The topological polar surface area (TPSA) is 36.9 Å². The first-order chi connectivity index (χ1) is 10.7. The first kappa shape index (κ1) is 18.8. The number of nitrogens with zero attached hydrogens (tertiary/aromatic N) is 2. The molecule has 2 heterocycles. The van der Waals surface area contributed by atoms with E-state index in [1.165, 1.54) is 18.4 Å². The van der Waals surface area contributed by atoms with Crippen LogP contribution in [0.3, 0.4) is 0 Å². The molecule has 6 heteroatoms. The standard InChI is InChI=1S/C17H24ClN3O.HI/c1-2-19-16(20-11-14-3-5-15(18)6-4-14)21-9-7-17(12-21)8-10-22-13-17;/h3-6H,2,7-13H2,1H3,(H,19,20);1H. The predicted octanol–water partition coefficient (Wildman–Crippen LogP) is 3.54. The molecule has 0 saturated carbocycles. The second kappa shape index (κ2) is 8.53. The zero-order valence-corrected chi connectivity index (χ0v) is 16.6. The van der Waals surface area contributed by atoms with Crippen LogP contribution in [0.15, 0.2) is 29.3 Å². The van der Waals surface area contributed by atoms with Gasteiger partial charge in [-0.15, -0.1) is 24.0 Å². The summed E-state index contributed by atoms with van der Waals surface area (Å²) < 4.78 is 5.61.